The lowest BCUT2D eigenvalue weighted by atomic mass is 10.0. The highest BCUT2D eigenvalue weighted by molar-refractivity contribution is 6.30. The number of amides is 4. The van der Waals surface area contributed by atoms with E-state index in [0.717, 1.165) is 35.2 Å². The lowest BCUT2D eigenvalue weighted by molar-refractivity contribution is -0.147. The summed E-state index contributed by atoms with van der Waals surface area (Å²) in [6, 6.07) is 2.33. The monoisotopic (exact) mass is 466 g/mol. The zero-order chi connectivity index (χ0) is 27.4. The molecule has 2 heterocycles. The molecule has 4 amide bonds. The summed E-state index contributed by atoms with van der Waals surface area (Å²) in [7, 11) is 0. The van der Waals surface area contributed by atoms with Crippen LogP contribution in [0.3, 0.4) is 0 Å². The number of nitrogens with one attached hydrogen (secondary N) is 2. The van der Waals surface area contributed by atoms with Gasteiger partial charge in [0.2, 0.25) is 11.8 Å². The summed E-state index contributed by atoms with van der Waals surface area (Å²) >= 11 is 5.68. The first kappa shape index (κ1) is 16.3. The average molecular weight is 467 g/mol. The molecule has 2 aromatic rings. The molecule has 2 aliphatic heterocycles. The van der Waals surface area contributed by atoms with Gasteiger partial charge in [-0.25, -0.2) is 0 Å². The van der Waals surface area contributed by atoms with Crippen LogP contribution in [0.5, 0.6) is 0 Å². The molecule has 0 aromatic heterocycles. The molecule has 2 aliphatic rings. The zero-order valence-corrected chi connectivity index (χ0v) is 17.0. The molecule has 0 spiro atoms. The quantitative estimate of drug-likeness (QED) is 0.662. The van der Waals surface area contributed by atoms with Gasteiger partial charge in [0.15, 0.2) is 1.41 Å². The van der Waals surface area contributed by atoms with Gasteiger partial charge in [0.25, 0.3) is 11.8 Å². The van der Waals surface area contributed by atoms with Crippen LogP contribution in [0.2, 0.25) is 6.43 Å². The summed E-state index contributed by atoms with van der Waals surface area (Å²) in [6.45, 7) is -3.92. The van der Waals surface area contributed by atoms with Gasteiger partial charge in [-0.05, 0) is 35.7 Å². The van der Waals surface area contributed by atoms with Gasteiger partial charge in [-0.3, -0.25) is 24.5 Å². The molecule has 166 valence electrons. The maximum atomic E-state index is 14.8. The number of rotatable bonds is 5. The van der Waals surface area contributed by atoms with Crippen LogP contribution >= 0.6 is 11.6 Å². The number of carbonyl (C=O) groups is 4. The van der Waals surface area contributed by atoms with Gasteiger partial charge in [0.05, 0.1) is 5.48 Å². The Morgan fingerprint density at radius 2 is 2.06 bits per heavy atom. The van der Waals surface area contributed by atoms with Crippen molar-refractivity contribution in [3.05, 3.63) is 69.7 Å². The molecule has 2 aromatic carbocycles. The second-order valence-corrected chi connectivity index (χ2v) is 7.54. The molecule has 1 saturated heterocycles. The van der Waals surface area contributed by atoms with Crippen molar-refractivity contribution in [2.24, 2.45) is 0 Å². The number of carbonyl (C=O) groups excluding carboxylic acids is 4. The number of benzene rings is 2. The second-order valence-electron chi connectivity index (χ2n) is 7.11. The highest BCUT2D eigenvalue weighted by Crippen LogP contribution is 2.30. The molecule has 7 nitrogen and oxygen atoms in total. The first-order valence-corrected chi connectivity index (χ1v) is 9.76. The Morgan fingerprint density at radius 3 is 2.75 bits per heavy atom. The molecular weight excluding hydrogens is 444 g/mol. The molecule has 0 radical (unpaired) electrons. The van der Waals surface area contributed by atoms with Crippen molar-refractivity contribution < 1.29 is 34.9 Å². The van der Waals surface area contributed by atoms with Crippen molar-refractivity contribution in [3.8, 4) is 0 Å². The Hall–Kier alpha value is -3.33. The van der Waals surface area contributed by atoms with Crippen LogP contribution in [-0.2, 0) is 33.3 Å². The van der Waals surface area contributed by atoms with Crippen LogP contribution in [0.1, 0.15) is 45.4 Å². The van der Waals surface area contributed by atoms with Crippen LogP contribution in [0, 0.1) is 0 Å². The van der Waals surface area contributed by atoms with Crippen molar-refractivity contribution in [1.82, 2.24) is 15.5 Å². The number of nitrogens with zero attached hydrogens (tertiary/aromatic N) is 1. The fourth-order valence-electron chi connectivity index (χ4n) is 3.33. The minimum atomic E-state index is -4.23. The van der Waals surface area contributed by atoms with Gasteiger partial charge < -0.3 is 10.2 Å². The van der Waals surface area contributed by atoms with Crippen LogP contribution in [0.25, 0.3) is 0 Å². The van der Waals surface area contributed by atoms with Crippen molar-refractivity contribution in [1.29, 1.82) is 0 Å². The number of halogens is 3. The normalized spacial score (nSPS) is 23.9. The predicted molar refractivity (Wildman–Crippen MR) is 110 cm³/mol. The number of hydrogen-bond acceptors (Lipinski definition) is 4. The lowest BCUT2D eigenvalue weighted by Crippen LogP contribution is -2.52. The topological polar surface area (TPSA) is 95.6 Å². The Labute approximate surface area is 193 Å². The van der Waals surface area contributed by atoms with Crippen molar-refractivity contribution in [3.63, 3.8) is 0 Å². The fraction of sp³-hybridized carbons (Fsp3) is 0.273. The number of imide groups is 1. The molecule has 0 aliphatic carbocycles. The molecule has 0 saturated carbocycles. The average Bonchev–Trinajstić information content (AvgIpc) is 3.08. The number of alkyl halides is 2. The maximum Gasteiger partial charge on any atom is 0.349 e. The van der Waals surface area contributed by atoms with Gasteiger partial charge in [0.1, 0.15) is 6.04 Å². The lowest BCUT2D eigenvalue weighted by Gasteiger charge is -2.29. The maximum absolute atomic E-state index is 14.8. The largest absolute Gasteiger partial charge is 0.349 e. The molecule has 0 bridgehead atoms. The van der Waals surface area contributed by atoms with E-state index in [4.69, 9.17) is 18.5 Å². The summed E-state index contributed by atoms with van der Waals surface area (Å²) in [5, 5.41) is 1.83. The molecule has 2 N–H and O–H groups in total. The number of fused-ring (bicyclic) bond motifs is 1. The highest BCUT2D eigenvalue weighted by Gasteiger charge is 2.41. The Kier molecular flexibility index (Phi) is 4.24. The Bertz CT molecular complexity index is 1330. The van der Waals surface area contributed by atoms with E-state index < -0.39 is 71.8 Å². The SMILES string of the molecule is [2H]c1cc2c(c([2H])c1C([2H])N([2H])C(=O)C(F)(F)c1ccc(Cl)cc1)C([2H])N(C1CCC(=O)NC1=O)C2=O. The van der Waals surface area contributed by atoms with Crippen molar-refractivity contribution in [2.45, 2.75) is 37.8 Å². The first-order chi connectivity index (χ1) is 17.3. The summed E-state index contributed by atoms with van der Waals surface area (Å²) < 4.78 is 70.9. The smallest absolute Gasteiger partial charge is 0.346 e. The van der Waals surface area contributed by atoms with Crippen LogP contribution in [0.4, 0.5) is 8.78 Å². The van der Waals surface area contributed by atoms with Crippen LogP contribution in [0.15, 0.2) is 42.4 Å². The highest BCUT2D eigenvalue weighted by atomic mass is 35.5. The predicted octanol–water partition coefficient (Wildman–Crippen LogP) is 2.51. The van der Waals surface area contributed by atoms with Crippen molar-refractivity contribution >= 4 is 35.2 Å². The fourth-order valence-corrected chi connectivity index (χ4v) is 3.45. The molecule has 3 atom stereocenters. The Balaban J connectivity index is 1.67. The third-order valence-electron chi connectivity index (χ3n) is 5.00. The van der Waals surface area contributed by atoms with Gasteiger partial charge in [-0.15, -0.1) is 0 Å². The first-order valence-electron chi connectivity index (χ1n) is 12.0. The van der Waals surface area contributed by atoms with Gasteiger partial charge in [-0.1, -0.05) is 35.8 Å². The summed E-state index contributed by atoms with van der Waals surface area (Å²) in [4.78, 5) is 50.1. The van der Waals surface area contributed by atoms with Gasteiger partial charge in [0, 0.05) is 35.6 Å². The molecule has 1 fully saturated rings. The number of piperidine rings is 1. The number of hydrogen-bond donors (Lipinski definition) is 2. The third-order valence-corrected chi connectivity index (χ3v) is 5.25. The van der Waals surface area contributed by atoms with Gasteiger partial charge >= 0.3 is 5.92 Å². The van der Waals surface area contributed by atoms with E-state index in [-0.39, 0.29) is 34.3 Å². The van der Waals surface area contributed by atoms with Gasteiger partial charge in [-0.2, -0.15) is 8.78 Å². The van der Waals surface area contributed by atoms with E-state index in [9.17, 15) is 28.0 Å². The molecular formula is C22H18ClF2N3O4. The molecule has 10 heteroatoms. The van der Waals surface area contributed by atoms with Crippen LogP contribution < -0.4 is 10.6 Å². The summed E-state index contributed by atoms with van der Waals surface area (Å²) in [5.74, 6) is -8.54. The summed E-state index contributed by atoms with van der Waals surface area (Å²) in [5.41, 5.74) is -2.01. The zero-order valence-electron chi connectivity index (χ0n) is 21.2. The van der Waals surface area contributed by atoms with E-state index in [1.807, 2.05) is 0 Å². The molecule has 32 heavy (non-hydrogen) atoms. The van der Waals surface area contributed by atoms with E-state index in [1.54, 1.807) is 0 Å². The minimum absolute atomic E-state index is 0.0659. The van der Waals surface area contributed by atoms with Crippen molar-refractivity contribution in [2.75, 3.05) is 0 Å². The minimum Gasteiger partial charge on any atom is -0.346 e. The Morgan fingerprint density at radius 1 is 1.34 bits per heavy atom. The standard InChI is InChI=1S/C22H18ClF2N3O4/c23-15-4-2-14(3-5-15)22(24,25)21(32)26-10-12-1-6-16-13(9-12)11-28(20(16)31)17-7-8-18(29)27-19(17)30/h1-6,9,17H,7-8,10-11H2,(H,26,32)(H,27,29,30)/i1D,9D,10D,11D/hD. The van der Waals surface area contributed by atoms with E-state index in [1.165, 1.54) is 0 Å². The molecule has 4 rings (SSSR count). The third kappa shape index (κ3) is 4.08. The summed E-state index contributed by atoms with van der Waals surface area (Å²) in [6.07, 6.45) is -0.151. The van der Waals surface area contributed by atoms with Crippen LogP contribution in [-0.4, -0.2) is 34.6 Å². The van der Waals surface area contributed by atoms with E-state index in [2.05, 4.69) is 5.32 Å². The van der Waals surface area contributed by atoms with E-state index >= 15 is 0 Å². The second kappa shape index (κ2) is 8.31. The molecule has 3 unspecified atom stereocenters. The van der Waals surface area contributed by atoms with E-state index in [0.29, 0.717) is 0 Å².